The van der Waals surface area contributed by atoms with Crippen LogP contribution in [0, 0.1) is 0 Å². The predicted molar refractivity (Wildman–Crippen MR) is 91.2 cm³/mol. The van der Waals surface area contributed by atoms with Gasteiger partial charge in [0, 0.05) is 11.4 Å². The smallest absolute Gasteiger partial charge is 0.258 e. The fraction of sp³-hybridized carbons (Fsp3) is 0.294. The van der Waals surface area contributed by atoms with Crippen molar-refractivity contribution in [3.63, 3.8) is 0 Å². The van der Waals surface area contributed by atoms with E-state index in [-0.39, 0.29) is 11.6 Å². The van der Waals surface area contributed by atoms with Crippen LogP contribution in [0.3, 0.4) is 0 Å². The zero-order chi connectivity index (χ0) is 15.5. The van der Waals surface area contributed by atoms with Gasteiger partial charge < -0.3 is 4.98 Å². The molecule has 1 aromatic carbocycles. The van der Waals surface area contributed by atoms with Crippen molar-refractivity contribution < 1.29 is 0 Å². The minimum atomic E-state index is -0.0698. The van der Waals surface area contributed by atoms with E-state index in [1.165, 1.54) is 4.88 Å². The number of H-pyrrole nitrogens is 1. The Bertz CT molecular complexity index is 810. The zero-order valence-corrected chi connectivity index (χ0v) is 13.6. The van der Waals surface area contributed by atoms with Crippen LogP contribution in [0.2, 0.25) is 0 Å². The van der Waals surface area contributed by atoms with Crippen molar-refractivity contribution in [3.05, 3.63) is 62.8 Å². The fourth-order valence-corrected chi connectivity index (χ4v) is 3.33. The Hall–Kier alpha value is -1.98. The maximum atomic E-state index is 12.2. The number of benzene rings is 1. The number of hydrogen-bond acceptors (Lipinski definition) is 4. The average molecular weight is 313 g/mol. The molecule has 0 fully saturated rings. The van der Waals surface area contributed by atoms with E-state index in [2.05, 4.69) is 46.2 Å². The van der Waals surface area contributed by atoms with Gasteiger partial charge in [-0.15, -0.1) is 11.3 Å². The first-order valence-corrected chi connectivity index (χ1v) is 8.32. The first-order valence-electron chi connectivity index (χ1n) is 7.44. The van der Waals surface area contributed by atoms with Crippen molar-refractivity contribution >= 4 is 22.2 Å². The molecule has 1 atom stereocenters. The molecule has 0 aliphatic heterocycles. The molecule has 0 aliphatic carbocycles. The van der Waals surface area contributed by atoms with Crippen molar-refractivity contribution in [1.29, 1.82) is 0 Å². The second kappa shape index (κ2) is 6.42. The third kappa shape index (κ3) is 2.96. The zero-order valence-electron chi connectivity index (χ0n) is 12.7. The molecular weight excluding hydrogens is 294 g/mol. The topological polar surface area (TPSA) is 49.0 Å². The average Bonchev–Trinajstić information content (AvgIpc) is 3.05. The van der Waals surface area contributed by atoms with Crippen LogP contribution in [0.25, 0.3) is 10.9 Å². The lowest BCUT2D eigenvalue weighted by molar-refractivity contribution is 0.207. The van der Waals surface area contributed by atoms with Crippen molar-refractivity contribution in [2.75, 3.05) is 6.54 Å². The number of nitrogens with zero attached hydrogens (tertiary/aromatic N) is 2. The number of thiophene rings is 1. The molecule has 0 saturated carbocycles. The third-order valence-corrected chi connectivity index (χ3v) is 4.78. The Morgan fingerprint density at radius 1 is 1.27 bits per heavy atom. The molecule has 2 aromatic heterocycles. The molecule has 0 amide bonds. The standard InChI is InChI=1S/C17H19N3OS/c1-3-20(11-13-7-6-10-22-13)12(2)16-18-15-9-5-4-8-14(15)17(21)19-16/h4-10,12H,3,11H2,1-2H3,(H,18,19,21). The van der Waals surface area contributed by atoms with Gasteiger partial charge in [0.15, 0.2) is 0 Å². The van der Waals surface area contributed by atoms with Crippen LogP contribution >= 0.6 is 11.3 Å². The lowest BCUT2D eigenvalue weighted by atomic mass is 10.2. The summed E-state index contributed by atoms with van der Waals surface area (Å²) in [5, 5.41) is 2.73. The molecule has 3 rings (SSSR count). The fourth-order valence-electron chi connectivity index (χ4n) is 2.60. The quantitative estimate of drug-likeness (QED) is 0.783. The number of nitrogens with one attached hydrogen (secondary N) is 1. The normalized spacial score (nSPS) is 12.9. The lowest BCUT2D eigenvalue weighted by Crippen LogP contribution is -2.29. The van der Waals surface area contributed by atoms with Gasteiger partial charge in [0.2, 0.25) is 0 Å². The summed E-state index contributed by atoms with van der Waals surface area (Å²) in [6.45, 7) is 5.98. The van der Waals surface area contributed by atoms with Gasteiger partial charge in [-0.05, 0) is 37.0 Å². The summed E-state index contributed by atoms with van der Waals surface area (Å²) in [5.74, 6) is 0.724. The molecule has 0 saturated heterocycles. The van der Waals surface area contributed by atoms with E-state index in [0.29, 0.717) is 5.39 Å². The lowest BCUT2D eigenvalue weighted by Gasteiger charge is -2.26. The maximum absolute atomic E-state index is 12.2. The summed E-state index contributed by atoms with van der Waals surface area (Å²) in [5.41, 5.74) is 0.680. The molecule has 1 unspecified atom stereocenters. The highest BCUT2D eigenvalue weighted by atomic mass is 32.1. The molecule has 1 N–H and O–H groups in total. The highest BCUT2D eigenvalue weighted by Crippen LogP contribution is 2.21. The minimum absolute atomic E-state index is 0.0596. The first-order chi connectivity index (χ1) is 10.7. The van der Waals surface area contributed by atoms with Gasteiger partial charge in [-0.3, -0.25) is 9.69 Å². The van der Waals surface area contributed by atoms with Gasteiger partial charge >= 0.3 is 0 Å². The summed E-state index contributed by atoms with van der Waals surface area (Å²) in [7, 11) is 0. The Labute approximate surface area is 133 Å². The van der Waals surface area contributed by atoms with Crippen LogP contribution in [-0.2, 0) is 6.54 Å². The van der Waals surface area contributed by atoms with Crippen molar-refractivity contribution in [1.82, 2.24) is 14.9 Å². The molecule has 3 aromatic rings. The number of fused-ring (bicyclic) bond motifs is 1. The summed E-state index contributed by atoms with van der Waals surface area (Å²) in [6, 6.07) is 11.7. The van der Waals surface area contributed by atoms with Crippen LogP contribution in [0.5, 0.6) is 0 Å². The third-order valence-electron chi connectivity index (χ3n) is 3.92. The van der Waals surface area contributed by atoms with Gasteiger partial charge in [-0.2, -0.15) is 0 Å². The summed E-state index contributed by atoms with van der Waals surface area (Å²) in [4.78, 5) is 23.4. The Kier molecular flexibility index (Phi) is 4.36. The van der Waals surface area contributed by atoms with Crippen LogP contribution in [0.4, 0.5) is 0 Å². The monoisotopic (exact) mass is 313 g/mol. The Morgan fingerprint density at radius 2 is 2.09 bits per heavy atom. The van der Waals surface area contributed by atoms with Crippen molar-refractivity contribution in [2.45, 2.75) is 26.4 Å². The molecule has 5 heteroatoms. The number of para-hydroxylation sites is 1. The molecule has 114 valence electrons. The first kappa shape index (κ1) is 14.9. The highest BCUT2D eigenvalue weighted by Gasteiger charge is 2.18. The number of rotatable bonds is 5. The summed E-state index contributed by atoms with van der Waals surface area (Å²) >= 11 is 1.75. The largest absolute Gasteiger partial charge is 0.309 e. The highest BCUT2D eigenvalue weighted by molar-refractivity contribution is 7.09. The van der Waals surface area contributed by atoms with Crippen LogP contribution < -0.4 is 5.56 Å². The van der Waals surface area contributed by atoms with E-state index in [9.17, 15) is 4.79 Å². The van der Waals surface area contributed by atoms with Crippen LogP contribution in [0.1, 0.15) is 30.6 Å². The van der Waals surface area contributed by atoms with E-state index in [1.807, 2.05) is 18.2 Å². The molecule has 0 radical (unpaired) electrons. The molecule has 0 spiro atoms. The molecular formula is C17H19N3OS. The molecule has 2 heterocycles. The van der Waals surface area contributed by atoms with Gasteiger partial charge in [-0.25, -0.2) is 4.98 Å². The van der Waals surface area contributed by atoms with Crippen molar-refractivity contribution in [2.24, 2.45) is 0 Å². The summed E-state index contributed by atoms with van der Waals surface area (Å²) < 4.78 is 0. The molecule has 4 nitrogen and oxygen atoms in total. The van der Waals surface area contributed by atoms with Gasteiger partial charge in [0.1, 0.15) is 5.82 Å². The van der Waals surface area contributed by atoms with Crippen molar-refractivity contribution in [3.8, 4) is 0 Å². The van der Waals surface area contributed by atoms with E-state index in [0.717, 1.165) is 24.4 Å². The SMILES string of the molecule is CCN(Cc1cccs1)C(C)c1nc2ccccc2c(=O)[nH]1. The Morgan fingerprint density at radius 3 is 2.82 bits per heavy atom. The Balaban J connectivity index is 1.93. The second-order valence-electron chi connectivity index (χ2n) is 5.29. The minimum Gasteiger partial charge on any atom is -0.309 e. The van der Waals surface area contributed by atoms with E-state index in [1.54, 1.807) is 17.4 Å². The van der Waals surface area contributed by atoms with E-state index in [4.69, 9.17) is 0 Å². The maximum Gasteiger partial charge on any atom is 0.258 e. The van der Waals surface area contributed by atoms with Crippen LogP contribution in [0.15, 0.2) is 46.6 Å². The number of aromatic amines is 1. The predicted octanol–water partition coefficient (Wildman–Crippen LogP) is 3.57. The van der Waals surface area contributed by atoms with E-state index >= 15 is 0 Å². The summed E-state index contributed by atoms with van der Waals surface area (Å²) in [6.07, 6.45) is 0. The van der Waals surface area contributed by atoms with Crippen LogP contribution in [-0.4, -0.2) is 21.4 Å². The van der Waals surface area contributed by atoms with Gasteiger partial charge in [0.25, 0.3) is 5.56 Å². The molecule has 22 heavy (non-hydrogen) atoms. The molecule has 0 aliphatic rings. The molecule has 0 bridgehead atoms. The van der Waals surface area contributed by atoms with Gasteiger partial charge in [-0.1, -0.05) is 25.1 Å². The second-order valence-corrected chi connectivity index (χ2v) is 6.32. The number of aromatic nitrogens is 2. The number of hydrogen-bond donors (Lipinski definition) is 1. The van der Waals surface area contributed by atoms with Gasteiger partial charge in [0.05, 0.1) is 16.9 Å². The van der Waals surface area contributed by atoms with E-state index < -0.39 is 0 Å².